The number of hydrogen-bond donors (Lipinski definition) is 2. The molecule has 2 aromatic rings. The number of alkyl carbamates (subject to hydrolysis) is 1. The molecule has 8 heteroatoms. The predicted molar refractivity (Wildman–Crippen MR) is 122 cm³/mol. The summed E-state index contributed by atoms with van der Waals surface area (Å²) in [7, 11) is 0. The van der Waals surface area contributed by atoms with Crippen LogP contribution in [0.3, 0.4) is 0 Å². The minimum Gasteiger partial charge on any atom is -0.445 e. The summed E-state index contributed by atoms with van der Waals surface area (Å²) in [5.74, 6) is 1.02. The second-order valence-corrected chi connectivity index (χ2v) is 9.55. The third kappa shape index (κ3) is 5.50. The molecule has 3 fully saturated rings. The number of carbonyl (C=O) groups is 2. The topological polar surface area (TPSA) is 96.5 Å². The van der Waals surface area contributed by atoms with Gasteiger partial charge in [-0.15, -0.1) is 0 Å². The van der Waals surface area contributed by atoms with Crippen molar-refractivity contribution in [1.82, 2.24) is 25.5 Å². The molecule has 2 atom stereocenters. The van der Waals surface area contributed by atoms with Crippen molar-refractivity contribution in [1.29, 1.82) is 0 Å². The molecule has 33 heavy (non-hydrogen) atoms. The zero-order valence-electron chi connectivity index (χ0n) is 18.8. The van der Waals surface area contributed by atoms with E-state index in [9.17, 15) is 9.59 Å². The van der Waals surface area contributed by atoms with E-state index in [0.717, 1.165) is 43.8 Å². The van der Waals surface area contributed by atoms with Gasteiger partial charge < -0.3 is 20.3 Å². The Balaban J connectivity index is 1.23. The summed E-state index contributed by atoms with van der Waals surface area (Å²) in [6.07, 6.45) is 7.87. The van der Waals surface area contributed by atoms with Crippen molar-refractivity contribution in [2.45, 2.75) is 50.3 Å². The molecular formula is C25H31N5O3. The van der Waals surface area contributed by atoms with Gasteiger partial charge in [0.25, 0.3) is 0 Å². The summed E-state index contributed by atoms with van der Waals surface area (Å²) in [5.41, 5.74) is 0.454. The lowest BCUT2D eigenvalue weighted by molar-refractivity contribution is -0.128. The van der Waals surface area contributed by atoms with Crippen LogP contribution < -0.4 is 10.6 Å². The average Bonchev–Trinajstić information content (AvgIpc) is 3.78. The molecule has 1 aliphatic heterocycles. The summed E-state index contributed by atoms with van der Waals surface area (Å²) in [6.45, 7) is 2.74. The van der Waals surface area contributed by atoms with Crippen LogP contribution in [0.5, 0.6) is 0 Å². The van der Waals surface area contributed by atoms with Gasteiger partial charge in [-0.25, -0.2) is 14.8 Å². The summed E-state index contributed by atoms with van der Waals surface area (Å²) in [4.78, 5) is 37.1. The zero-order valence-corrected chi connectivity index (χ0v) is 18.8. The highest BCUT2D eigenvalue weighted by Crippen LogP contribution is 2.44. The highest BCUT2D eigenvalue weighted by atomic mass is 16.5. The molecule has 2 saturated carbocycles. The van der Waals surface area contributed by atoms with E-state index < -0.39 is 11.6 Å². The molecule has 1 aromatic carbocycles. The van der Waals surface area contributed by atoms with Crippen LogP contribution in [0.15, 0.2) is 48.8 Å². The van der Waals surface area contributed by atoms with Crippen molar-refractivity contribution >= 4 is 12.0 Å². The van der Waals surface area contributed by atoms with Crippen molar-refractivity contribution in [3.8, 4) is 0 Å². The van der Waals surface area contributed by atoms with E-state index >= 15 is 0 Å². The fourth-order valence-corrected chi connectivity index (χ4v) is 4.61. The first-order valence-electron chi connectivity index (χ1n) is 11.9. The predicted octanol–water partition coefficient (Wildman–Crippen LogP) is 2.61. The number of likely N-dealkylation sites (tertiary alicyclic amines) is 1. The Bertz CT molecular complexity index is 963. The van der Waals surface area contributed by atoms with Crippen LogP contribution in [0.4, 0.5) is 4.79 Å². The van der Waals surface area contributed by atoms with Crippen molar-refractivity contribution < 1.29 is 14.3 Å². The van der Waals surface area contributed by atoms with Crippen molar-refractivity contribution in [2.24, 2.45) is 11.8 Å². The maximum atomic E-state index is 13.5. The van der Waals surface area contributed by atoms with E-state index in [1.165, 1.54) is 12.8 Å². The first kappa shape index (κ1) is 21.8. The molecule has 0 spiro atoms. The molecule has 2 heterocycles. The molecule has 1 unspecified atom stereocenters. The molecule has 3 aliphatic rings. The lowest BCUT2D eigenvalue weighted by Crippen LogP contribution is -2.57. The second-order valence-electron chi connectivity index (χ2n) is 9.55. The summed E-state index contributed by atoms with van der Waals surface area (Å²) in [6, 6.07) is 11.1. The lowest BCUT2D eigenvalue weighted by Gasteiger charge is -2.38. The number of ether oxygens (including phenoxy) is 1. The van der Waals surface area contributed by atoms with Gasteiger partial charge in [-0.05, 0) is 49.7 Å². The molecule has 2 N–H and O–H groups in total. The Morgan fingerprint density at radius 3 is 2.52 bits per heavy atom. The smallest absolute Gasteiger partial charge is 0.407 e. The molecule has 1 saturated heterocycles. The second kappa shape index (κ2) is 9.47. The molecular weight excluding hydrogens is 418 g/mol. The zero-order chi connectivity index (χ0) is 22.7. The molecule has 0 radical (unpaired) electrons. The Morgan fingerprint density at radius 1 is 1.06 bits per heavy atom. The first-order valence-corrected chi connectivity index (χ1v) is 11.9. The highest BCUT2D eigenvalue weighted by molar-refractivity contribution is 5.82. The Hall–Kier alpha value is -3.00. The van der Waals surface area contributed by atoms with E-state index in [4.69, 9.17) is 4.74 Å². The fraction of sp³-hybridized carbons (Fsp3) is 0.520. The molecule has 5 rings (SSSR count). The van der Waals surface area contributed by atoms with Gasteiger partial charge >= 0.3 is 6.09 Å². The number of amides is 2. The van der Waals surface area contributed by atoms with Crippen molar-refractivity contribution in [2.75, 3.05) is 19.6 Å². The number of hydrogen-bond acceptors (Lipinski definition) is 6. The van der Waals surface area contributed by atoms with Gasteiger partial charge in [-0.3, -0.25) is 4.79 Å². The van der Waals surface area contributed by atoms with Gasteiger partial charge in [0.2, 0.25) is 5.91 Å². The molecule has 8 nitrogen and oxygen atoms in total. The molecule has 2 aliphatic carbocycles. The number of aromatic nitrogens is 2. The highest BCUT2D eigenvalue weighted by Gasteiger charge is 2.50. The Kier molecular flexibility index (Phi) is 6.26. The van der Waals surface area contributed by atoms with Crippen LogP contribution in [0.25, 0.3) is 0 Å². The van der Waals surface area contributed by atoms with Crippen LogP contribution in [-0.4, -0.2) is 52.5 Å². The summed E-state index contributed by atoms with van der Waals surface area (Å²) < 4.78 is 5.43. The molecule has 1 aromatic heterocycles. The van der Waals surface area contributed by atoms with Crippen LogP contribution in [0, 0.1) is 11.8 Å². The SMILES string of the molecule is O=C(NC1CCN(CC2CC2)C[C@H]1C(=O)NC1(c2ncccn2)CC1)OCc1ccccc1. The van der Waals surface area contributed by atoms with Crippen LogP contribution in [0.2, 0.25) is 0 Å². The van der Waals surface area contributed by atoms with Gasteiger partial charge in [-0.1, -0.05) is 30.3 Å². The number of piperidine rings is 1. The molecule has 0 bridgehead atoms. The fourth-order valence-electron chi connectivity index (χ4n) is 4.61. The monoisotopic (exact) mass is 449 g/mol. The maximum Gasteiger partial charge on any atom is 0.407 e. The first-order chi connectivity index (χ1) is 16.1. The summed E-state index contributed by atoms with van der Waals surface area (Å²) >= 11 is 0. The molecule has 2 amide bonds. The number of carbonyl (C=O) groups excluding carboxylic acids is 2. The van der Waals surface area contributed by atoms with Crippen molar-refractivity contribution in [3.05, 3.63) is 60.2 Å². The van der Waals surface area contributed by atoms with Gasteiger partial charge in [0.15, 0.2) is 5.82 Å². The van der Waals surface area contributed by atoms with Crippen LogP contribution >= 0.6 is 0 Å². The third-order valence-electron chi connectivity index (χ3n) is 6.87. The van der Waals surface area contributed by atoms with Crippen LogP contribution in [0.1, 0.15) is 43.5 Å². The normalized spacial score (nSPS) is 24.0. The maximum absolute atomic E-state index is 13.5. The molecule has 174 valence electrons. The van der Waals surface area contributed by atoms with E-state index in [1.54, 1.807) is 18.5 Å². The van der Waals surface area contributed by atoms with E-state index in [2.05, 4.69) is 25.5 Å². The van der Waals surface area contributed by atoms with E-state index in [0.29, 0.717) is 12.4 Å². The largest absolute Gasteiger partial charge is 0.445 e. The third-order valence-corrected chi connectivity index (χ3v) is 6.87. The quantitative estimate of drug-likeness (QED) is 0.643. The Morgan fingerprint density at radius 2 is 1.82 bits per heavy atom. The van der Waals surface area contributed by atoms with Gasteiger partial charge in [0, 0.05) is 38.1 Å². The Labute approximate surface area is 194 Å². The van der Waals surface area contributed by atoms with Gasteiger partial charge in [0.05, 0.1) is 11.5 Å². The van der Waals surface area contributed by atoms with Gasteiger partial charge in [0.1, 0.15) is 6.61 Å². The number of benzene rings is 1. The number of nitrogens with one attached hydrogen (secondary N) is 2. The standard InChI is InChI=1S/C25H31N5O3/c31-22(29-25(10-11-25)23-26-12-4-13-27-23)20-16-30(15-18-7-8-18)14-9-21(20)28-24(32)33-17-19-5-2-1-3-6-19/h1-6,12-13,18,20-21H,7-11,14-17H2,(H,28,32)(H,29,31)/t20-,21?/m1/s1. The minimum absolute atomic E-state index is 0.0474. The van der Waals surface area contributed by atoms with Crippen molar-refractivity contribution in [3.63, 3.8) is 0 Å². The number of nitrogens with zero attached hydrogens (tertiary/aromatic N) is 3. The van der Waals surface area contributed by atoms with E-state index in [-0.39, 0.29) is 24.5 Å². The van der Waals surface area contributed by atoms with E-state index in [1.807, 2.05) is 30.3 Å². The number of rotatable bonds is 8. The van der Waals surface area contributed by atoms with Crippen LogP contribution in [-0.2, 0) is 21.7 Å². The average molecular weight is 450 g/mol. The minimum atomic E-state index is -0.482. The lowest BCUT2D eigenvalue weighted by atomic mass is 9.90. The van der Waals surface area contributed by atoms with Gasteiger partial charge in [-0.2, -0.15) is 0 Å². The summed E-state index contributed by atoms with van der Waals surface area (Å²) in [5, 5.41) is 6.20.